The van der Waals surface area contributed by atoms with E-state index in [4.69, 9.17) is 4.74 Å². The third kappa shape index (κ3) is 4.99. The van der Waals surface area contributed by atoms with Gasteiger partial charge in [-0.2, -0.15) is 5.10 Å². The number of likely N-dealkylation sites (tertiary alicyclic amines) is 1. The Morgan fingerprint density at radius 3 is 2.41 bits per heavy atom. The van der Waals surface area contributed by atoms with Gasteiger partial charge in [0.25, 0.3) is 5.91 Å². The van der Waals surface area contributed by atoms with Gasteiger partial charge < -0.3 is 19.1 Å². The van der Waals surface area contributed by atoms with Crippen molar-refractivity contribution in [1.82, 2.24) is 24.1 Å². The molecule has 0 unspecified atom stereocenters. The van der Waals surface area contributed by atoms with Crippen LogP contribution in [0.4, 0.5) is 4.79 Å². The van der Waals surface area contributed by atoms with Crippen LogP contribution in [0.3, 0.4) is 0 Å². The molecule has 0 N–H and O–H groups in total. The summed E-state index contributed by atoms with van der Waals surface area (Å²) in [6.45, 7) is 7.57. The van der Waals surface area contributed by atoms with Gasteiger partial charge in [0.2, 0.25) is 0 Å². The van der Waals surface area contributed by atoms with Gasteiger partial charge >= 0.3 is 6.09 Å². The molecule has 2 aromatic rings. The van der Waals surface area contributed by atoms with E-state index in [9.17, 15) is 9.59 Å². The van der Waals surface area contributed by atoms with Crippen LogP contribution >= 0.6 is 0 Å². The Hall–Kier alpha value is -2.77. The number of carbonyl (C=O) groups is 2. The van der Waals surface area contributed by atoms with Gasteiger partial charge in [0.1, 0.15) is 17.0 Å². The lowest BCUT2D eigenvalue weighted by Gasteiger charge is -2.34. The van der Waals surface area contributed by atoms with Crippen LogP contribution < -0.4 is 0 Å². The van der Waals surface area contributed by atoms with E-state index >= 15 is 0 Å². The first-order chi connectivity index (χ1) is 13.7. The van der Waals surface area contributed by atoms with E-state index in [1.54, 1.807) is 22.8 Å². The predicted molar refractivity (Wildman–Crippen MR) is 110 cm³/mol. The van der Waals surface area contributed by atoms with Crippen molar-refractivity contribution >= 4 is 12.0 Å². The zero-order valence-electron chi connectivity index (χ0n) is 18.0. The number of hydrogen-bond donors (Lipinski definition) is 0. The summed E-state index contributed by atoms with van der Waals surface area (Å²) in [6.07, 6.45) is 6.87. The van der Waals surface area contributed by atoms with Crippen LogP contribution in [0, 0.1) is 5.92 Å². The fraction of sp³-hybridized carbons (Fsp3) is 0.571. The molecule has 8 nitrogen and oxygen atoms in total. The van der Waals surface area contributed by atoms with Gasteiger partial charge in [-0.25, -0.2) is 4.79 Å². The minimum atomic E-state index is -0.498. The molecule has 8 heteroatoms. The molecule has 2 aromatic heterocycles. The highest BCUT2D eigenvalue weighted by atomic mass is 16.6. The Bertz CT molecular complexity index is 842. The number of rotatable bonds is 4. The van der Waals surface area contributed by atoms with E-state index in [0.717, 1.165) is 18.7 Å². The molecule has 29 heavy (non-hydrogen) atoms. The Kier molecular flexibility index (Phi) is 6.00. The first-order valence-electron chi connectivity index (χ1n) is 10.0. The Balaban J connectivity index is 1.58. The number of aryl methyl sites for hydroxylation is 1. The van der Waals surface area contributed by atoms with Crippen LogP contribution in [-0.2, 0) is 11.8 Å². The maximum atomic E-state index is 13.1. The highest BCUT2D eigenvalue weighted by molar-refractivity contribution is 5.97. The second kappa shape index (κ2) is 8.31. The van der Waals surface area contributed by atoms with Gasteiger partial charge in [0, 0.05) is 46.1 Å². The summed E-state index contributed by atoms with van der Waals surface area (Å²) < 4.78 is 9.04. The molecule has 0 saturated carbocycles. The molecule has 2 amide bonds. The molecule has 158 valence electrons. The van der Waals surface area contributed by atoms with Gasteiger partial charge in [-0.1, -0.05) is 0 Å². The monoisotopic (exact) mass is 401 g/mol. The standard InChI is InChI=1S/C21H31N5O3/c1-21(2,3)29-20(28)23(4)15-16-8-12-26(13-9-16)19(27)17-14-22-24(5)18(17)25-10-6-7-11-25/h6-7,10-11,14,16H,8-9,12-13,15H2,1-5H3. The molecular weight excluding hydrogens is 370 g/mol. The molecule has 1 fully saturated rings. The normalized spacial score (nSPS) is 15.4. The summed E-state index contributed by atoms with van der Waals surface area (Å²) in [4.78, 5) is 28.8. The van der Waals surface area contributed by atoms with E-state index in [0.29, 0.717) is 31.1 Å². The topological polar surface area (TPSA) is 72.6 Å². The summed E-state index contributed by atoms with van der Waals surface area (Å²) in [5.41, 5.74) is 0.107. The number of nitrogens with zero attached hydrogens (tertiary/aromatic N) is 5. The lowest BCUT2D eigenvalue weighted by molar-refractivity contribution is 0.0246. The number of amides is 2. The molecule has 0 bridgehead atoms. The van der Waals surface area contributed by atoms with E-state index < -0.39 is 5.60 Å². The van der Waals surface area contributed by atoms with Crippen LogP contribution in [0.2, 0.25) is 0 Å². The number of piperidine rings is 1. The van der Waals surface area contributed by atoms with Crippen molar-refractivity contribution in [1.29, 1.82) is 0 Å². The number of carbonyl (C=O) groups excluding carboxylic acids is 2. The Morgan fingerprint density at radius 2 is 1.83 bits per heavy atom. The van der Waals surface area contributed by atoms with Gasteiger partial charge in [-0.15, -0.1) is 0 Å². The van der Waals surface area contributed by atoms with Gasteiger partial charge in [-0.05, 0) is 51.7 Å². The summed E-state index contributed by atoms with van der Waals surface area (Å²) in [5, 5.41) is 4.28. The van der Waals surface area contributed by atoms with Crippen LogP contribution in [0.25, 0.3) is 5.82 Å². The summed E-state index contributed by atoms with van der Waals surface area (Å²) >= 11 is 0. The maximum absolute atomic E-state index is 13.1. The second-order valence-corrected chi connectivity index (χ2v) is 8.69. The van der Waals surface area contributed by atoms with Crippen LogP contribution in [0.5, 0.6) is 0 Å². The summed E-state index contributed by atoms with van der Waals surface area (Å²) in [7, 11) is 3.61. The van der Waals surface area contributed by atoms with E-state index in [2.05, 4.69) is 5.10 Å². The van der Waals surface area contributed by atoms with Crippen molar-refractivity contribution < 1.29 is 14.3 Å². The molecule has 1 aliphatic rings. The van der Waals surface area contributed by atoms with Crippen LogP contribution in [-0.4, -0.2) is 68.4 Å². The number of ether oxygens (including phenoxy) is 1. The fourth-order valence-corrected chi connectivity index (χ4v) is 3.65. The van der Waals surface area contributed by atoms with Crippen molar-refractivity contribution in [2.45, 2.75) is 39.2 Å². The third-order valence-electron chi connectivity index (χ3n) is 5.13. The minimum absolute atomic E-state index is 0.000692. The van der Waals surface area contributed by atoms with Crippen molar-refractivity contribution in [3.63, 3.8) is 0 Å². The highest BCUT2D eigenvalue weighted by Gasteiger charge is 2.29. The highest BCUT2D eigenvalue weighted by Crippen LogP contribution is 2.23. The van der Waals surface area contributed by atoms with Gasteiger partial charge in [0.15, 0.2) is 0 Å². The van der Waals surface area contributed by atoms with Crippen molar-refractivity contribution in [3.8, 4) is 5.82 Å². The molecule has 0 atom stereocenters. The molecule has 1 aliphatic heterocycles. The average molecular weight is 402 g/mol. The van der Waals surface area contributed by atoms with Crippen molar-refractivity contribution in [2.75, 3.05) is 26.7 Å². The lowest BCUT2D eigenvalue weighted by Crippen LogP contribution is -2.43. The number of hydrogen-bond acceptors (Lipinski definition) is 4. The van der Waals surface area contributed by atoms with Gasteiger partial charge in [-0.3, -0.25) is 9.48 Å². The van der Waals surface area contributed by atoms with Gasteiger partial charge in [0.05, 0.1) is 6.20 Å². The van der Waals surface area contributed by atoms with Crippen LogP contribution in [0.1, 0.15) is 44.0 Å². The molecule has 1 saturated heterocycles. The van der Waals surface area contributed by atoms with E-state index in [-0.39, 0.29) is 12.0 Å². The smallest absolute Gasteiger partial charge is 0.410 e. The second-order valence-electron chi connectivity index (χ2n) is 8.69. The largest absolute Gasteiger partial charge is 0.444 e. The van der Waals surface area contributed by atoms with Crippen molar-refractivity contribution in [3.05, 3.63) is 36.3 Å². The first-order valence-corrected chi connectivity index (χ1v) is 10.0. The SMILES string of the molecule is CN(CC1CCN(C(=O)c2cnn(C)c2-n2cccc2)CC1)C(=O)OC(C)(C)C. The van der Waals surface area contributed by atoms with Crippen molar-refractivity contribution in [2.24, 2.45) is 13.0 Å². The first kappa shape index (κ1) is 21.0. The molecule has 3 heterocycles. The predicted octanol–water partition coefficient (Wildman–Crippen LogP) is 2.93. The Morgan fingerprint density at radius 1 is 1.21 bits per heavy atom. The molecule has 0 aromatic carbocycles. The zero-order valence-corrected chi connectivity index (χ0v) is 18.0. The molecule has 0 radical (unpaired) electrons. The molecular formula is C21H31N5O3. The summed E-state index contributed by atoms with van der Waals surface area (Å²) in [5.74, 6) is 1.13. The molecule has 0 aliphatic carbocycles. The van der Waals surface area contributed by atoms with E-state index in [1.807, 2.05) is 61.8 Å². The lowest BCUT2D eigenvalue weighted by atomic mass is 9.96. The average Bonchev–Trinajstić information content (AvgIpc) is 3.29. The van der Waals surface area contributed by atoms with E-state index in [1.165, 1.54) is 0 Å². The van der Waals surface area contributed by atoms with Crippen LogP contribution in [0.15, 0.2) is 30.7 Å². The third-order valence-corrected chi connectivity index (χ3v) is 5.13. The quantitative estimate of drug-likeness (QED) is 0.790. The number of aromatic nitrogens is 3. The zero-order chi connectivity index (χ0) is 21.2. The minimum Gasteiger partial charge on any atom is -0.444 e. The Labute approximate surface area is 172 Å². The fourth-order valence-electron chi connectivity index (χ4n) is 3.65. The maximum Gasteiger partial charge on any atom is 0.410 e. The molecule has 0 spiro atoms. The molecule has 3 rings (SSSR count). The summed E-state index contributed by atoms with van der Waals surface area (Å²) in [6, 6.07) is 3.85.